The van der Waals surface area contributed by atoms with Crippen LogP contribution in [0.15, 0.2) is 18.2 Å². The van der Waals surface area contributed by atoms with Crippen LogP contribution in [0.4, 0.5) is 0 Å². The quantitative estimate of drug-likeness (QED) is 0.850. The lowest BCUT2D eigenvalue weighted by Gasteiger charge is -2.29. The van der Waals surface area contributed by atoms with Crippen LogP contribution in [0.5, 0.6) is 0 Å². The zero-order valence-corrected chi connectivity index (χ0v) is 13.3. The van der Waals surface area contributed by atoms with Crippen molar-refractivity contribution in [2.45, 2.75) is 32.2 Å². The van der Waals surface area contributed by atoms with Gasteiger partial charge < -0.3 is 14.5 Å². The number of H-pyrrole nitrogens is 1. The van der Waals surface area contributed by atoms with Gasteiger partial charge in [0.15, 0.2) is 4.77 Å². The average molecular weight is 310 g/mol. The average Bonchev–Trinajstić information content (AvgIpc) is 2.75. The lowest BCUT2D eigenvalue weighted by atomic mass is 10.1. The van der Waals surface area contributed by atoms with E-state index in [1.165, 1.54) is 32.4 Å². The van der Waals surface area contributed by atoms with Crippen molar-refractivity contribution in [2.75, 3.05) is 19.6 Å². The summed E-state index contributed by atoms with van der Waals surface area (Å²) >= 11 is 11.6. The maximum Gasteiger partial charge on any atom is 0.178 e. The van der Waals surface area contributed by atoms with Crippen LogP contribution in [-0.2, 0) is 0 Å². The van der Waals surface area contributed by atoms with Crippen LogP contribution in [0.3, 0.4) is 0 Å². The molecule has 1 unspecified atom stereocenters. The molecule has 5 heteroatoms. The van der Waals surface area contributed by atoms with E-state index in [2.05, 4.69) is 21.4 Å². The summed E-state index contributed by atoms with van der Waals surface area (Å²) in [4.78, 5) is 5.81. The second-order valence-corrected chi connectivity index (χ2v) is 6.50. The molecule has 1 N–H and O–H groups in total. The Morgan fingerprint density at radius 3 is 2.80 bits per heavy atom. The highest BCUT2D eigenvalue weighted by Crippen LogP contribution is 2.23. The minimum atomic E-state index is 0.354. The summed E-state index contributed by atoms with van der Waals surface area (Å²) in [6, 6.07) is 6.25. The maximum absolute atomic E-state index is 6.12. The molecule has 3 rings (SSSR count). The third kappa shape index (κ3) is 2.78. The van der Waals surface area contributed by atoms with Crippen LogP contribution in [-0.4, -0.2) is 34.1 Å². The van der Waals surface area contributed by atoms with E-state index < -0.39 is 0 Å². The van der Waals surface area contributed by atoms with Crippen molar-refractivity contribution in [3.8, 4) is 0 Å². The zero-order valence-electron chi connectivity index (χ0n) is 11.7. The molecule has 1 atom stereocenters. The number of likely N-dealkylation sites (tertiary alicyclic amines) is 1. The van der Waals surface area contributed by atoms with E-state index in [9.17, 15) is 0 Å². The highest BCUT2D eigenvalue weighted by Gasteiger charge is 2.17. The number of aromatic amines is 1. The van der Waals surface area contributed by atoms with Gasteiger partial charge >= 0.3 is 0 Å². The van der Waals surface area contributed by atoms with Crippen LogP contribution < -0.4 is 0 Å². The monoisotopic (exact) mass is 309 g/mol. The molecule has 1 aromatic heterocycles. The Hall–Kier alpha value is -0.840. The summed E-state index contributed by atoms with van der Waals surface area (Å²) in [7, 11) is 0. The highest BCUT2D eigenvalue weighted by atomic mass is 35.5. The number of nitrogens with one attached hydrogen (secondary N) is 1. The first-order valence-corrected chi connectivity index (χ1v) is 8.06. The van der Waals surface area contributed by atoms with Crippen LogP contribution in [0.1, 0.15) is 32.2 Å². The van der Waals surface area contributed by atoms with Crippen molar-refractivity contribution in [1.29, 1.82) is 0 Å². The summed E-state index contributed by atoms with van der Waals surface area (Å²) in [6.45, 7) is 5.70. The van der Waals surface area contributed by atoms with E-state index >= 15 is 0 Å². The number of imidazole rings is 1. The Labute approximate surface area is 129 Å². The molecule has 0 radical (unpaired) electrons. The van der Waals surface area contributed by atoms with Gasteiger partial charge in [0.05, 0.1) is 11.0 Å². The molecule has 2 aromatic rings. The molecule has 0 amide bonds. The number of benzene rings is 1. The summed E-state index contributed by atoms with van der Waals surface area (Å²) in [5, 5.41) is 0.755. The molecule has 1 aliphatic rings. The fraction of sp³-hybridized carbons (Fsp3) is 0.533. The minimum absolute atomic E-state index is 0.354. The minimum Gasteiger partial charge on any atom is -0.331 e. The molecule has 1 aliphatic heterocycles. The molecule has 0 aliphatic carbocycles. The van der Waals surface area contributed by atoms with Crippen LogP contribution in [0.25, 0.3) is 11.0 Å². The van der Waals surface area contributed by atoms with Gasteiger partial charge in [0.25, 0.3) is 0 Å². The normalized spacial score (nSPS) is 18.5. The number of piperidine rings is 1. The summed E-state index contributed by atoms with van der Waals surface area (Å²) in [5.41, 5.74) is 2.16. The van der Waals surface area contributed by atoms with Gasteiger partial charge in [-0.3, -0.25) is 0 Å². The highest BCUT2D eigenvalue weighted by molar-refractivity contribution is 7.71. The maximum atomic E-state index is 6.12. The molecule has 2 heterocycles. The van der Waals surface area contributed by atoms with Gasteiger partial charge in [-0.1, -0.05) is 18.0 Å². The number of rotatable bonds is 3. The van der Waals surface area contributed by atoms with Crippen molar-refractivity contribution in [3.05, 3.63) is 28.0 Å². The van der Waals surface area contributed by atoms with Gasteiger partial charge in [-0.25, -0.2) is 0 Å². The Morgan fingerprint density at radius 1 is 1.30 bits per heavy atom. The molecule has 3 nitrogen and oxygen atoms in total. The van der Waals surface area contributed by atoms with Gasteiger partial charge in [0.2, 0.25) is 0 Å². The number of aromatic nitrogens is 2. The smallest absolute Gasteiger partial charge is 0.178 e. The van der Waals surface area contributed by atoms with Gasteiger partial charge in [-0.05, 0) is 63.3 Å². The third-order valence-corrected chi connectivity index (χ3v) is 4.63. The summed E-state index contributed by atoms with van der Waals surface area (Å²) < 4.78 is 2.98. The van der Waals surface area contributed by atoms with Crippen molar-refractivity contribution < 1.29 is 0 Å². The van der Waals surface area contributed by atoms with Crippen molar-refractivity contribution >= 4 is 34.9 Å². The van der Waals surface area contributed by atoms with Crippen LogP contribution >= 0.6 is 23.8 Å². The van der Waals surface area contributed by atoms with Crippen molar-refractivity contribution in [3.63, 3.8) is 0 Å². The summed E-state index contributed by atoms with van der Waals surface area (Å²) in [5.74, 6) is 0. The second kappa shape index (κ2) is 5.88. The topological polar surface area (TPSA) is 24.0 Å². The Balaban J connectivity index is 1.90. The van der Waals surface area contributed by atoms with Gasteiger partial charge in [0, 0.05) is 17.6 Å². The molecule has 108 valence electrons. The third-order valence-electron chi connectivity index (χ3n) is 4.09. The first kappa shape index (κ1) is 14.1. The molecule has 1 saturated heterocycles. The van der Waals surface area contributed by atoms with Gasteiger partial charge in [-0.2, -0.15) is 0 Å². The van der Waals surface area contributed by atoms with Crippen LogP contribution in [0, 0.1) is 4.77 Å². The molecule has 20 heavy (non-hydrogen) atoms. The molecule has 0 saturated carbocycles. The number of hydrogen-bond donors (Lipinski definition) is 1. The van der Waals surface area contributed by atoms with E-state index in [0.717, 1.165) is 27.4 Å². The largest absolute Gasteiger partial charge is 0.331 e. The first-order valence-electron chi connectivity index (χ1n) is 7.27. The lowest BCUT2D eigenvalue weighted by molar-refractivity contribution is 0.202. The molecule has 0 spiro atoms. The first-order chi connectivity index (χ1) is 9.65. The number of hydrogen-bond acceptors (Lipinski definition) is 2. The van der Waals surface area contributed by atoms with E-state index in [4.69, 9.17) is 23.8 Å². The predicted octanol–water partition coefficient (Wildman–Crippen LogP) is 4.40. The zero-order chi connectivity index (χ0) is 14.1. The lowest BCUT2D eigenvalue weighted by Crippen LogP contribution is -2.34. The molecular weight excluding hydrogens is 290 g/mol. The van der Waals surface area contributed by atoms with E-state index in [1.54, 1.807) is 0 Å². The van der Waals surface area contributed by atoms with Gasteiger partial charge in [-0.15, -0.1) is 0 Å². The van der Waals surface area contributed by atoms with Gasteiger partial charge in [0.1, 0.15) is 0 Å². The predicted molar refractivity (Wildman–Crippen MR) is 87.1 cm³/mol. The summed E-state index contributed by atoms with van der Waals surface area (Å²) in [6.07, 6.45) is 4.00. The van der Waals surface area contributed by atoms with E-state index in [-0.39, 0.29) is 0 Å². The SMILES string of the molecule is CC(CN1CCCCC1)n1c(=S)[nH]c2ccc(Cl)cc21. The van der Waals surface area contributed by atoms with Crippen molar-refractivity contribution in [2.24, 2.45) is 0 Å². The molecule has 1 fully saturated rings. The molecule has 0 bridgehead atoms. The number of fused-ring (bicyclic) bond motifs is 1. The van der Waals surface area contributed by atoms with Crippen molar-refractivity contribution in [1.82, 2.24) is 14.5 Å². The fourth-order valence-corrected chi connectivity index (χ4v) is 3.68. The number of halogens is 1. The Bertz CT molecular complexity index is 655. The van der Waals surface area contributed by atoms with E-state index in [0.29, 0.717) is 6.04 Å². The van der Waals surface area contributed by atoms with Crippen LogP contribution in [0.2, 0.25) is 5.02 Å². The Morgan fingerprint density at radius 2 is 2.05 bits per heavy atom. The molecule has 1 aromatic carbocycles. The fourth-order valence-electron chi connectivity index (χ4n) is 3.13. The second-order valence-electron chi connectivity index (χ2n) is 5.67. The Kier molecular flexibility index (Phi) is 4.15. The molecular formula is C15H20ClN3S. The number of nitrogens with zero attached hydrogens (tertiary/aromatic N) is 2. The van der Waals surface area contributed by atoms with E-state index in [1.807, 2.05) is 18.2 Å². The standard InChI is InChI=1S/C15H20ClN3S/c1-11(10-18-7-3-2-4-8-18)19-14-9-12(16)5-6-13(14)17-15(19)20/h5-6,9,11H,2-4,7-8,10H2,1H3,(H,17,20).